The number of carbonyl (C=O) groups excluding carboxylic acids is 2. The van der Waals surface area contributed by atoms with E-state index in [0.717, 1.165) is 0 Å². The van der Waals surface area contributed by atoms with Gasteiger partial charge in [0.25, 0.3) is 0 Å². The predicted molar refractivity (Wildman–Crippen MR) is 72.2 cm³/mol. The Morgan fingerprint density at radius 2 is 1.21 bits per heavy atom. The third-order valence-corrected chi connectivity index (χ3v) is 3.08. The van der Waals surface area contributed by atoms with Crippen LogP contribution >= 0.6 is 23.5 Å². The number of aliphatic carboxylic acids is 2. The Morgan fingerprint density at radius 3 is 1.37 bits per heavy atom. The first-order valence-electron chi connectivity index (χ1n) is 5.18. The molecule has 0 amide bonds. The topological polar surface area (TPSA) is 128 Å². The zero-order chi connectivity index (χ0) is 14.6. The van der Waals surface area contributed by atoms with Gasteiger partial charge in [-0.1, -0.05) is 24.9 Å². The molecule has 2 N–H and O–H groups in total. The molecule has 0 aromatic carbocycles. The Balaban J connectivity index is -0.000000256. The molecule has 0 aromatic rings. The molecule has 0 aromatic heterocycles. The first-order valence-corrected chi connectivity index (χ1v) is 7.97. The van der Waals surface area contributed by atoms with E-state index in [-0.39, 0.29) is 19.5 Å². The predicted octanol–water partition coefficient (Wildman–Crippen LogP) is -0.182. The fraction of sp³-hybridized carbons (Fsp3) is 0.800. The maximum absolute atomic E-state index is 9.90. The van der Waals surface area contributed by atoms with Crippen LogP contribution in [0.3, 0.4) is 0 Å². The molecule has 0 spiro atoms. The second kappa shape index (κ2) is 16.2. The summed E-state index contributed by atoms with van der Waals surface area (Å²) in [5, 5.41) is 19.8. The molecule has 0 aliphatic rings. The molecule has 0 heterocycles. The van der Waals surface area contributed by atoms with Crippen LogP contribution in [0.5, 0.6) is 0 Å². The van der Waals surface area contributed by atoms with E-state index in [0.29, 0.717) is 24.3 Å². The molecule has 6 nitrogen and oxygen atoms in total. The zero-order valence-corrected chi connectivity index (χ0v) is 15.7. The number of thioether (sulfide) groups is 2. The van der Waals surface area contributed by atoms with Crippen LogP contribution in [0.15, 0.2) is 0 Å². The number of rotatable bonds is 8. The molecular weight excluding hydrogens is 342 g/mol. The molecule has 0 rings (SSSR count). The van der Waals surface area contributed by atoms with Gasteiger partial charge in [-0.3, -0.25) is 0 Å². The van der Waals surface area contributed by atoms with Gasteiger partial charge in [-0.2, -0.15) is 23.5 Å². The maximum atomic E-state index is 9.90. The van der Waals surface area contributed by atoms with E-state index >= 15 is 0 Å². The number of carboxylic acid groups (broad SMARTS) is 2. The normalized spacial score (nSPS) is 12.4. The molecule has 0 saturated heterocycles. The van der Waals surface area contributed by atoms with Crippen molar-refractivity contribution >= 4 is 35.5 Å². The summed E-state index contributed by atoms with van der Waals surface area (Å²) in [6.45, 7) is 0. The summed E-state index contributed by atoms with van der Waals surface area (Å²) in [5.41, 5.74) is 13.7. The van der Waals surface area contributed by atoms with E-state index in [9.17, 15) is 19.8 Å². The molecule has 0 radical (unpaired) electrons. The molecule has 0 aliphatic carbocycles. The molecule has 0 fully saturated rings. The summed E-state index contributed by atoms with van der Waals surface area (Å²) in [5.74, 6) is -1.13. The molecular formula is C10H18N2O4S2Zn-2. The van der Waals surface area contributed by atoms with Crippen molar-refractivity contribution in [3.8, 4) is 0 Å². The molecule has 2 atom stereocenters. The minimum absolute atomic E-state index is 0. The van der Waals surface area contributed by atoms with Crippen molar-refractivity contribution in [2.45, 2.75) is 24.9 Å². The van der Waals surface area contributed by atoms with Crippen LogP contribution in [0.1, 0.15) is 12.8 Å². The van der Waals surface area contributed by atoms with E-state index < -0.39 is 24.0 Å². The van der Waals surface area contributed by atoms with Crippen LogP contribution in [0, 0.1) is 0 Å². The van der Waals surface area contributed by atoms with Gasteiger partial charge >= 0.3 is 19.5 Å². The van der Waals surface area contributed by atoms with E-state index in [1.165, 1.54) is 23.5 Å². The average molecular weight is 360 g/mol. The van der Waals surface area contributed by atoms with Crippen molar-refractivity contribution in [3.05, 3.63) is 11.5 Å². The summed E-state index contributed by atoms with van der Waals surface area (Å²) < 4.78 is 0. The fourth-order valence-corrected chi connectivity index (χ4v) is 1.65. The largest absolute Gasteiger partial charge is 2.00 e. The average Bonchev–Trinajstić information content (AvgIpc) is 2.33. The number of carbonyl (C=O) groups is 2. The third kappa shape index (κ3) is 18.2. The van der Waals surface area contributed by atoms with Crippen LogP contribution in [0.25, 0.3) is 11.5 Å². The Morgan fingerprint density at radius 1 is 0.947 bits per heavy atom. The van der Waals surface area contributed by atoms with Gasteiger partial charge in [0.2, 0.25) is 0 Å². The molecule has 0 bridgehead atoms. The van der Waals surface area contributed by atoms with Gasteiger partial charge in [-0.15, -0.1) is 0 Å². The Bertz CT molecular complexity index is 224. The zero-order valence-electron chi connectivity index (χ0n) is 11.1. The SMILES string of the molecule is CSCC[C@H]([NH-])C(=O)[O-].CSCC[C@H]([NH-])C(=O)[O-].[Zn+2]. The van der Waals surface area contributed by atoms with E-state index in [1.54, 1.807) is 0 Å². The molecule has 19 heavy (non-hydrogen) atoms. The Hall–Kier alpha value is 0.183. The minimum Gasteiger partial charge on any atom is -0.670 e. The minimum atomic E-state index is -1.27. The van der Waals surface area contributed by atoms with Gasteiger partial charge in [0.05, 0.1) is 0 Å². The summed E-state index contributed by atoms with van der Waals surface area (Å²) in [6.07, 6.45) is 4.51. The second-order valence-electron chi connectivity index (χ2n) is 3.31. The molecule has 108 valence electrons. The quantitative estimate of drug-likeness (QED) is 0.553. The standard InChI is InChI=1S/2C5H10NO2S.Zn/c2*1-9-3-2-4(6)5(7)8;/h2*4,6H,2-3H2,1H3,(H,7,8);/q2*-1;+2/p-2/t2*4-;/m00./s1. The van der Waals surface area contributed by atoms with Crippen LogP contribution in [-0.2, 0) is 29.1 Å². The summed E-state index contributed by atoms with van der Waals surface area (Å²) >= 11 is 3.07. The monoisotopic (exact) mass is 358 g/mol. The van der Waals surface area contributed by atoms with E-state index in [2.05, 4.69) is 0 Å². The van der Waals surface area contributed by atoms with Gasteiger partial charge in [-0.05, 0) is 24.0 Å². The van der Waals surface area contributed by atoms with Crippen molar-refractivity contribution in [1.29, 1.82) is 0 Å². The van der Waals surface area contributed by atoms with Crippen molar-refractivity contribution in [1.82, 2.24) is 0 Å². The van der Waals surface area contributed by atoms with Crippen molar-refractivity contribution in [2.75, 3.05) is 24.0 Å². The molecule has 0 saturated carbocycles. The van der Waals surface area contributed by atoms with Crippen LogP contribution < -0.4 is 10.2 Å². The van der Waals surface area contributed by atoms with Gasteiger partial charge in [0.15, 0.2) is 0 Å². The first kappa shape index (κ1) is 24.2. The van der Waals surface area contributed by atoms with E-state index in [4.69, 9.17) is 11.5 Å². The third-order valence-electron chi connectivity index (χ3n) is 1.79. The smallest absolute Gasteiger partial charge is 0.670 e. The van der Waals surface area contributed by atoms with E-state index in [1.807, 2.05) is 12.5 Å². The van der Waals surface area contributed by atoms with Crippen molar-refractivity contribution in [3.63, 3.8) is 0 Å². The summed E-state index contributed by atoms with van der Waals surface area (Å²) in [6, 6.07) is -2.09. The molecule has 9 heteroatoms. The summed E-state index contributed by atoms with van der Waals surface area (Å²) in [4.78, 5) is 19.8. The first-order chi connectivity index (χ1) is 8.36. The Labute approximate surface area is 135 Å². The van der Waals surface area contributed by atoms with Crippen LogP contribution in [0.2, 0.25) is 0 Å². The number of hydrogen-bond acceptors (Lipinski definition) is 6. The maximum Gasteiger partial charge on any atom is 2.00 e. The fourth-order valence-electron chi connectivity index (χ4n) is 0.707. The van der Waals surface area contributed by atoms with Gasteiger partial charge in [0.1, 0.15) is 0 Å². The second-order valence-corrected chi connectivity index (χ2v) is 5.28. The molecule has 0 unspecified atom stereocenters. The van der Waals surface area contributed by atoms with Crippen LogP contribution in [0.4, 0.5) is 0 Å². The molecule has 0 aliphatic heterocycles. The Kier molecular flexibility index (Phi) is 20.7. The van der Waals surface area contributed by atoms with Crippen molar-refractivity contribution in [2.24, 2.45) is 0 Å². The van der Waals surface area contributed by atoms with Gasteiger partial charge < -0.3 is 31.3 Å². The van der Waals surface area contributed by atoms with Gasteiger partial charge in [0, 0.05) is 11.9 Å². The number of nitrogens with one attached hydrogen (secondary N) is 2. The summed E-state index contributed by atoms with van der Waals surface area (Å²) in [7, 11) is 0. The van der Waals surface area contributed by atoms with Gasteiger partial charge in [-0.25, -0.2) is 0 Å². The number of carboxylic acids is 2. The van der Waals surface area contributed by atoms with Crippen LogP contribution in [-0.4, -0.2) is 48.0 Å². The number of hydrogen-bond donors (Lipinski definition) is 0. The van der Waals surface area contributed by atoms with Crippen molar-refractivity contribution < 1.29 is 39.3 Å².